The third kappa shape index (κ3) is 4.54. The van der Waals surface area contributed by atoms with Crippen LogP contribution in [-0.4, -0.2) is 31.1 Å². The monoisotopic (exact) mass is 299 g/mol. The van der Waals surface area contributed by atoms with E-state index in [-0.39, 0.29) is 30.1 Å². The number of carboxylic acids is 1. The second-order valence-electron chi connectivity index (χ2n) is 3.85. The van der Waals surface area contributed by atoms with Crippen LogP contribution in [0, 0.1) is 6.92 Å². The summed E-state index contributed by atoms with van der Waals surface area (Å²) in [4.78, 5) is 33.5. The van der Waals surface area contributed by atoms with Crippen molar-refractivity contribution in [2.24, 2.45) is 0 Å². The number of nitrogens with one attached hydrogen (secondary N) is 2. The lowest BCUT2D eigenvalue weighted by Gasteiger charge is -2.09. The maximum absolute atomic E-state index is 11.6. The SMILES string of the molecule is CCOC(=O)CCNC(=O)Nc1scc(C)c1C(=O)[O-]. The molecule has 0 saturated heterocycles. The van der Waals surface area contributed by atoms with Gasteiger partial charge in [-0.05, 0) is 24.8 Å². The lowest BCUT2D eigenvalue weighted by atomic mass is 10.2. The van der Waals surface area contributed by atoms with Crippen molar-refractivity contribution in [2.75, 3.05) is 18.5 Å². The van der Waals surface area contributed by atoms with Gasteiger partial charge in [0, 0.05) is 12.1 Å². The highest BCUT2D eigenvalue weighted by molar-refractivity contribution is 7.15. The molecule has 0 saturated carbocycles. The topological polar surface area (TPSA) is 108 Å². The zero-order valence-corrected chi connectivity index (χ0v) is 12.0. The number of amides is 2. The van der Waals surface area contributed by atoms with E-state index in [1.54, 1.807) is 19.2 Å². The molecule has 0 radical (unpaired) electrons. The highest BCUT2D eigenvalue weighted by Crippen LogP contribution is 2.26. The van der Waals surface area contributed by atoms with Crippen molar-refractivity contribution in [1.82, 2.24) is 5.32 Å². The Morgan fingerprint density at radius 1 is 1.40 bits per heavy atom. The van der Waals surface area contributed by atoms with Crippen molar-refractivity contribution in [3.63, 3.8) is 0 Å². The summed E-state index contributed by atoms with van der Waals surface area (Å²) in [6, 6.07) is -0.585. The number of hydrogen-bond donors (Lipinski definition) is 2. The first-order valence-electron chi connectivity index (χ1n) is 5.95. The van der Waals surface area contributed by atoms with Gasteiger partial charge >= 0.3 is 12.0 Å². The number of carbonyl (C=O) groups is 3. The Bertz CT molecular complexity index is 512. The molecule has 0 aliphatic carbocycles. The Hall–Kier alpha value is -2.09. The van der Waals surface area contributed by atoms with Crippen LogP contribution in [0.3, 0.4) is 0 Å². The van der Waals surface area contributed by atoms with Crippen LogP contribution in [-0.2, 0) is 9.53 Å². The molecule has 0 fully saturated rings. The Morgan fingerprint density at radius 2 is 2.10 bits per heavy atom. The van der Waals surface area contributed by atoms with Gasteiger partial charge in [-0.2, -0.15) is 0 Å². The molecule has 20 heavy (non-hydrogen) atoms. The fourth-order valence-corrected chi connectivity index (χ4v) is 2.37. The zero-order chi connectivity index (χ0) is 15.1. The molecule has 0 unspecified atom stereocenters. The van der Waals surface area contributed by atoms with Crippen LogP contribution in [0.25, 0.3) is 0 Å². The molecule has 0 aliphatic rings. The second kappa shape index (κ2) is 7.49. The quantitative estimate of drug-likeness (QED) is 0.743. The van der Waals surface area contributed by atoms with Gasteiger partial charge in [0.05, 0.1) is 19.0 Å². The maximum atomic E-state index is 11.6. The van der Waals surface area contributed by atoms with E-state index in [0.717, 1.165) is 11.3 Å². The smallest absolute Gasteiger partial charge is 0.319 e. The van der Waals surface area contributed by atoms with Gasteiger partial charge in [0.15, 0.2) is 0 Å². The first-order valence-corrected chi connectivity index (χ1v) is 6.83. The third-order valence-corrected chi connectivity index (χ3v) is 3.34. The number of carboxylic acid groups (broad SMARTS) is 1. The number of hydrogen-bond acceptors (Lipinski definition) is 6. The average molecular weight is 299 g/mol. The van der Waals surface area contributed by atoms with Crippen LogP contribution in [0.2, 0.25) is 0 Å². The molecule has 0 aliphatic heterocycles. The van der Waals surface area contributed by atoms with Gasteiger partial charge in [-0.3, -0.25) is 10.1 Å². The lowest BCUT2D eigenvalue weighted by molar-refractivity contribution is -0.254. The van der Waals surface area contributed by atoms with Crippen molar-refractivity contribution in [3.8, 4) is 0 Å². The van der Waals surface area contributed by atoms with E-state index in [4.69, 9.17) is 4.74 Å². The summed E-state index contributed by atoms with van der Waals surface area (Å²) >= 11 is 1.10. The molecule has 7 nitrogen and oxygen atoms in total. The summed E-state index contributed by atoms with van der Waals surface area (Å²) in [5.74, 6) is -1.75. The van der Waals surface area contributed by atoms with Gasteiger partial charge in [-0.15, -0.1) is 11.3 Å². The number of carbonyl (C=O) groups excluding carboxylic acids is 3. The minimum Gasteiger partial charge on any atom is -0.545 e. The van der Waals surface area contributed by atoms with Gasteiger partial charge in [0.1, 0.15) is 5.00 Å². The number of esters is 1. The van der Waals surface area contributed by atoms with Crippen molar-refractivity contribution >= 4 is 34.3 Å². The highest BCUT2D eigenvalue weighted by atomic mass is 32.1. The lowest BCUT2D eigenvalue weighted by Crippen LogP contribution is -2.32. The minimum atomic E-state index is -1.34. The molecule has 2 N–H and O–H groups in total. The van der Waals surface area contributed by atoms with Crippen molar-refractivity contribution in [3.05, 3.63) is 16.5 Å². The van der Waals surface area contributed by atoms with E-state index < -0.39 is 18.0 Å². The summed E-state index contributed by atoms with van der Waals surface area (Å²) in [7, 11) is 0. The van der Waals surface area contributed by atoms with Crippen molar-refractivity contribution in [2.45, 2.75) is 20.3 Å². The van der Waals surface area contributed by atoms with Crippen LogP contribution >= 0.6 is 11.3 Å². The Balaban J connectivity index is 2.47. The summed E-state index contributed by atoms with van der Waals surface area (Å²) in [5, 5.41) is 17.6. The molecular formula is C12H15N2O5S-. The molecule has 2 amide bonds. The van der Waals surface area contributed by atoms with Gasteiger partial charge < -0.3 is 20.0 Å². The van der Waals surface area contributed by atoms with E-state index in [0.29, 0.717) is 5.56 Å². The van der Waals surface area contributed by atoms with Crippen molar-refractivity contribution < 1.29 is 24.2 Å². The molecule has 0 atom stereocenters. The summed E-state index contributed by atoms with van der Waals surface area (Å²) in [5.41, 5.74) is 0.493. The number of anilines is 1. The summed E-state index contributed by atoms with van der Waals surface area (Å²) < 4.78 is 4.70. The molecule has 1 aromatic rings. The van der Waals surface area contributed by atoms with E-state index in [2.05, 4.69) is 10.6 Å². The molecule has 110 valence electrons. The van der Waals surface area contributed by atoms with Gasteiger partial charge in [-0.1, -0.05) is 0 Å². The summed E-state index contributed by atoms with van der Waals surface area (Å²) in [6.45, 7) is 3.70. The Labute approximate surface area is 119 Å². The number of urea groups is 1. The van der Waals surface area contributed by atoms with Crippen LogP contribution < -0.4 is 15.7 Å². The molecule has 1 heterocycles. The number of aryl methyl sites for hydroxylation is 1. The van der Waals surface area contributed by atoms with Crippen LogP contribution in [0.15, 0.2) is 5.38 Å². The maximum Gasteiger partial charge on any atom is 0.319 e. The molecular weight excluding hydrogens is 284 g/mol. The second-order valence-corrected chi connectivity index (χ2v) is 4.73. The van der Waals surface area contributed by atoms with Crippen LogP contribution in [0.4, 0.5) is 9.80 Å². The van der Waals surface area contributed by atoms with E-state index in [1.165, 1.54) is 0 Å². The van der Waals surface area contributed by atoms with Crippen molar-refractivity contribution in [1.29, 1.82) is 0 Å². The number of ether oxygens (including phenoxy) is 1. The van der Waals surface area contributed by atoms with Crippen LogP contribution in [0.5, 0.6) is 0 Å². The normalized spacial score (nSPS) is 9.90. The third-order valence-electron chi connectivity index (χ3n) is 2.33. The highest BCUT2D eigenvalue weighted by Gasteiger charge is 2.12. The van der Waals surface area contributed by atoms with E-state index >= 15 is 0 Å². The predicted octanol–water partition coefficient (Wildman–Crippen LogP) is 0.495. The molecule has 1 rings (SSSR count). The predicted molar refractivity (Wildman–Crippen MR) is 71.7 cm³/mol. The largest absolute Gasteiger partial charge is 0.545 e. The average Bonchev–Trinajstić information content (AvgIpc) is 2.70. The van der Waals surface area contributed by atoms with Crippen LogP contribution in [0.1, 0.15) is 29.3 Å². The standard InChI is InChI=1S/C12H16N2O5S/c1-3-19-8(15)4-5-13-12(18)14-10-9(11(16)17)7(2)6-20-10/h6H,3-5H2,1-2H3,(H,16,17)(H2,13,14,18)/p-1. The van der Waals surface area contributed by atoms with Gasteiger partial charge in [0.2, 0.25) is 0 Å². The Morgan fingerprint density at radius 3 is 2.70 bits per heavy atom. The number of aromatic carboxylic acids is 1. The zero-order valence-electron chi connectivity index (χ0n) is 11.1. The number of rotatable bonds is 6. The number of thiophene rings is 1. The minimum absolute atomic E-state index is 0.0319. The molecule has 0 spiro atoms. The summed E-state index contributed by atoms with van der Waals surface area (Å²) in [6.07, 6.45) is 0.0536. The first kappa shape index (κ1) is 16.0. The fourth-order valence-electron chi connectivity index (χ4n) is 1.45. The molecule has 1 aromatic heterocycles. The molecule has 0 bridgehead atoms. The molecule has 0 aromatic carbocycles. The van der Waals surface area contributed by atoms with E-state index in [1.807, 2.05) is 0 Å². The molecule has 8 heteroatoms. The van der Waals surface area contributed by atoms with E-state index in [9.17, 15) is 19.5 Å². The fraction of sp³-hybridized carbons (Fsp3) is 0.417. The first-order chi connectivity index (χ1) is 9.45. The Kier molecular flexibility index (Phi) is 5.98. The van der Waals surface area contributed by atoms with Gasteiger partial charge in [-0.25, -0.2) is 4.79 Å². The van der Waals surface area contributed by atoms with Gasteiger partial charge in [0.25, 0.3) is 0 Å².